The predicted octanol–water partition coefficient (Wildman–Crippen LogP) is 3.87. The number of hydrogen-bond donors (Lipinski definition) is 1. The van der Waals surface area contributed by atoms with E-state index in [0.29, 0.717) is 12.1 Å². The Morgan fingerprint density at radius 1 is 1.10 bits per heavy atom. The van der Waals surface area contributed by atoms with Crippen LogP contribution in [0.4, 0.5) is 4.39 Å². The fraction of sp³-hybridized carbons (Fsp3) is 0.667. The maximum atomic E-state index is 13.1. The Morgan fingerprint density at radius 2 is 1.76 bits per heavy atom. The van der Waals surface area contributed by atoms with Crippen LogP contribution in [0.2, 0.25) is 0 Å². The molecule has 21 heavy (non-hydrogen) atoms. The molecule has 0 aromatic heterocycles. The lowest BCUT2D eigenvalue weighted by molar-refractivity contribution is 0.127. The summed E-state index contributed by atoms with van der Waals surface area (Å²) in [6.45, 7) is 3.40. The van der Waals surface area contributed by atoms with Gasteiger partial charge in [0.2, 0.25) is 0 Å². The number of nitrogens with two attached hydrogens (primary N) is 1. The molecule has 1 heterocycles. The van der Waals surface area contributed by atoms with Gasteiger partial charge in [-0.3, -0.25) is 4.90 Å². The van der Waals surface area contributed by atoms with E-state index in [1.54, 1.807) is 0 Å². The molecule has 1 aliphatic heterocycles. The van der Waals surface area contributed by atoms with Crippen LogP contribution in [0.3, 0.4) is 0 Å². The van der Waals surface area contributed by atoms with Crippen LogP contribution in [0.1, 0.15) is 57.1 Å². The van der Waals surface area contributed by atoms with E-state index in [1.165, 1.54) is 50.7 Å². The Morgan fingerprint density at radius 3 is 2.43 bits per heavy atom. The highest BCUT2D eigenvalue weighted by molar-refractivity contribution is 5.21. The Labute approximate surface area is 127 Å². The van der Waals surface area contributed by atoms with E-state index in [2.05, 4.69) is 11.8 Å². The van der Waals surface area contributed by atoms with Crippen molar-refractivity contribution in [1.29, 1.82) is 0 Å². The Bertz CT molecular complexity index is 453. The van der Waals surface area contributed by atoms with Gasteiger partial charge in [0.15, 0.2) is 0 Å². The number of benzene rings is 1. The molecule has 0 bridgehead atoms. The quantitative estimate of drug-likeness (QED) is 0.912. The highest BCUT2D eigenvalue weighted by Crippen LogP contribution is 2.37. The van der Waals surface area contributed by atoms with Crippen molar-refractivity contribution in [3.63, 3.8) is 0 Å². The normalized spacial score (nSPS) is 27.1. The van der Waals surface area contributed by atoms with Crippen molar-refractivity contribution < 1.29 is 4.39 Å². The van der Waals surface area contributed by atoms with Crippen LogP contribution in [-0.2, 0) is 0 Å². The highest BCUT2D eigenvalue weighted by atomic mass is 19.1. The van der Waals surface area contributed by atoms with Crippen LogP contribution in [0.15, 0.2) is 24.3 Å². The third kappa shape index (κ3) is 3.14. The zero-order chi connectivity index (χ0) is 14.8. The number of nitrogens with zero attached hydrogens (tertiary/aromatic N) is 1. The van der Waals surface area contributed by atoms with E-state index in [0.717, 1.165) is 18.0 Å². The van der Waals surface area contributed by atoms with Gasteiger partial charge in [-0.25, -0.2) is 4.39 Å². The largest absolute Gasteiger partial charge is 0.323 e. The SMILES string of the molecule is CC(C(N)c1ccc(F)cc1)N1CCCC1C1CCCC1. The molecule has 3 atom stereocenters. The van der Waals surface area contributed by atoms with Gasteiger partial charge >= 0.3 is 0 Å². The Hall–Kier alpha value is -0.930. The lowest BCUT2D eigenvalue weighted by Gasteiger charge is -2.37. The van der Waals surface area contributed by atoms with Gasteiger partial charge in [0.25, 0.3) is 0 Å². The fourth-order valence-corrected chi connectivity index (χ4v) is 4.34. The molecule has 1 aromatic carbocycles. The van der Waals surface area contributed by atoms with Crippen molar-refractivity contribution in [2.45, 2.75) is 63.6 Å². The third-order valence-electron chi connectivity index (χ3n) is 5.58. The van der Waals surface area contributed by atoms with E-state index in [9.17, 15) is 4.39 Å². The summed E-state index contributed by atoms with van der Waals surface area (Å²) in [4.78, 5) is 2.63. The number of hydrogen-bond acceptors (Lipinski definition) is 2. The first-order valence-corrected chi connectivity index (χ1v) is 8.43. The standard InChI is InChI=1S/C18H27FN2/c1-13(18(20)15-8-10-16(19)11-9-15)21-12-4-7-17(21)14-5-2-3-6-14/h8-11,13-14,17-18H,2-7,12,20H2,1H3. The second-order valence-corrected chi connectivity index (χ2v) is 6.81. The molecule has 2 N–H and O–H groups in total. The van der Waals surface area contributed by atoms with Gasteiger partial charge in [0, 0.05) is 18.1 Å². The maximum absolute atomic E-state index is 13.1. The van der Waals surface area contributed by atoms with Crippen LogP contribution in [0.5, 0.6) is 0 Å². The fourth-order valence-electron chi connectivity index (χ4n) is 4.34. The number of likely N-dealkylation sites (tertiary alicyclic amines) is 1. The number of rotatable bonds is 4. The van der Waals surface area contributed by atoms with E-state index >= 15 is 0 Å². The summed E-state index contributed by atoms with van der Waals surface area (Å²) >= 11 is 0. The lowest BCUT2D eigenvalue weighted by Crippen LogP contribution is -2.45. The molecule has 0 amide bonds. The molecule has 0 radical (unpaired) electrons. The number of halogens is 1. The Balaban J connectivity index is 1.70. The molecule has 1 saturated heterocycles. The summed E-state index contributed by atoms with van der Waals surface area (Å²) in [6.07, 6.45) is 8.19. The molecule has 2 fully saturated rings. The zero-order valence-electron chi connectivity index (χ0n) is 13.0. The van der Waals surface area contributed by atoms with Gasteiger partial charge in [-0.1, -0.05) is 25.0 Å². The molecular formula is C18H27FN2. The van der Waals surface area contributed by atoms with Crippen LogP contribution in [0, 0.1) is 11.7 Å². The highest BCUT2D eigenvalue weighted by Gasteiger charge is 2.37. The first-order chi connectivity index (χ1) is 10.2. The monoisotopic (exact) mass is 290 g/mol. The summed E-state index contributed by atoms with van der Waals surface area (Å²) in [6, 6.07) is 7.69. The van der Waals surface area contributed by atoms with E-state index in [4.69, 9.17) is 5.73 Å². The maximum Gasteiger partial charge on any atom is 0.123 e. The van der Waals surface area contributed by atoms with E-state index < -0.39 is 0 Å². The van der Waals surface area contributed by atoms with E-state index in [-0.39, 0.29) is 11.9 Å². The molecular weight excluding hydrogens is 263 g/mol. The van der Waals surface area contributed by atoms with Crippen LogP contribution >= 0.6 is 0 Å². The van der Waals surface area contributed by atoms with Crippen molar-refractivity contribution in [3.8, 4) is 0 Å². The predicted molar refractivity (Wildman–Crippen MR) is 84.5 cm³/mol. The molecule has 1 saturated carbocycles. The zero-order valence-corrected chi connectivity index (χ0v) is 13.0. The van der Waals surface area contributed by atoms with E-state index in [1.807, 2.05) is 12.1 Å². The van der Waals surface area contributed by atoms with Gasteiger partial charge < -0.3 is 5.73 Å². The average molecular weight is 290 g/mol. The lowest BCUT2D eigenvalue weighted by atomic mass is 9.93. The molecule has 2 nitrogen and oxygen atoms in total. The summed E-state index contributed by atoms with van der Waals surface area (Å²) in [5.41, 5.74) is 7.51. The van der Waals surface area contributed by atoms with Crippen LogP contribution in [0.25, 0.3) is 0 Å². The minimum atomic E-state index is -0.191. The molecule has 3 rings (SSSR count). The molecule has 3 unspecified atom stereocenters. The van der Waals surface area contributed by atoms with Gasteiger partial charge in [0.1, 0.15) is 5.82 Å². The molecule has 116 valence electrons. The summed E-state index contributed by atoms with van der Waals surface area (Å²) < 4.78 is 13.1. The smallest absolute Gasteiger partial charge is 0.123 e. The molecule has 1 aromatic rings. The van der Waals surface area contributed by atoms with Gasteiger partial charge in [-0.15, -0.1) is 0 Å². The summed E-state index contributed by atoms with van der Waals surface area (Å²) in [5.74, 6) is 0.680. The average Bonchev–Trinajstić information content (AvgIpc) is 3.17. The summed E-state index contributed by atoms with van der Waals surface area (Å²) in [7, 11) is 0. The molecule has 2 aliphatic rings. The van der Waals surface area contributed by atoms with Crippen molar-refractivity contribution >= 4 is 0 Å². The molecule has 1 aliphatic carbocycles. The van der Waals surface area contributed by atoms with Crippen molar-refractivity contribution in [2.24, 2.45) is 11.7 Å². The first-order valence-electron chi connectivity index (χ1n) is 8.43. The molecule has 0 spiro atoms. The minimum absolute atomic E-state index is 0.0346. The first kappa shape index (κ1) is 15.0. The van der Waals surface area contributed by atoms with Crippen molar-refractivity contribution in [1.82, 2.24) is 4.90 Å². The van der Waals surface area contributed by atoms with Crippen molar-refractivity contribution in [3.05, 3.63) is 35.6 Å². The van der Waals surface area contributed by atoms with Gasteiger partial charge in [-0.05, 0) is 62.8 Å². The van der Waals surface area contributed by atoms with Crippen molar-refractivity contribution in [2.75, 3.05) is 6.54 Å². The molecule has 3 heteroatoms. The topological polar surface area (TPSA) is 29.3 Å². The summed E-state index contributed by atoms with van der Waals surface area (Å²) in [5, 5.41) is 0. The Kier molecular flexibility index (Phi) is 4.60. The second-order valence-electron chi connectivity index (χ2n) is 6.81. The second kappa shape index (κ2) is 6.45. The van der Waals surface area contributed by atoms with Gasteiger partial charge in [0.05, 0.1) is 0 Å². The minimum Gasteiger partial charge on any atom is -0.323 e. The van der Waals surface area contributed by atoms with Crippen LogP contribution in [-0.4, -0.2) is 23.5 Å². The van der Waals surface area contributed by atoms with Gasteiger partial charge in [-0.2, -0.15) is 0 Å². The van der Waals surface area contributed by atoms with Crippen LogP contribution < -0.4 is 5.73 Å². The third-order valence-corrected chi connectivity index (χ3v) is 5.58.